The fourth-order valence-corrected chi connectivity index (χ4v) is 4.08. The number of para-hydroxylation sites is 1. The normalized spacial score (nSPS) is 11.1. The van der Waals surface area contributed by atoms with Crippen molar-refractivity contribution in [2.24, 2.45) is 0 Å². The van der Waals surface area contributed by atoms with Gasteiger partial charge in [-0.3, -0.25) is 9.36 Å². The summed E-state index contributed by atoms with van der Waals surface area (Å²) in [6, 6.07) is 26.3. The minimum Gasteiger partial charge on any atom is -0.268 e. The Morgan fingerprint density at radius 1 is 0.771 bits per heavy atom. The average Bonchev–Trinajstić information content (AvgIpc) is 3.35. The molecule has 0 fully saturated rings. The molecule has 0 aliphatic carbocycles. The molecule has 0 amide bonds. The van der Waals surface area contributed by atoms with Crippen molar-refractivity contribution in [2.45, 2.75) is 0 Å². The number of halogens is 1. The van der Waals surface area contributed by atoms with Gasteiger partial charge >= 0.3 is 0 Å². The molecule has 0 aliphatic rings. The van der Waals surface area contributed by atoms with Crippen molar-refractivity contribution in [3.05, 3.63) is 119 Å². The second-order valence-electron chi connectivity index (χ2n) is 7.87. The molecule has 0 saturated carbocycles. The number of hydrogen-bond acceptors (Lipinski definition) is 5. The highest BCUT2D eigenvalue weighted by Gasteiger charge is 2.18. The van der Waals surface area contributed by atoms with Crippen LogP contribution in [0.15, 0.2) is 108 Å². The molecular formula is C27H17ClN6O. The lowest BCUT2D eigenvalue weighted by Gasteiger charge is -2.13. The minimum atomic E-state index is -0.214. The molecule has 0 N–H and O–H groups in total. The van der Waals surface area contributed by atoms with E-state index in [4.69, 9.17) is 16.6 Å². The van der Waals surface area contributed by atoms with Crippen LogP contribution in [0.25, 0.3) is 45.1 Å². The van der Waals surface area contributed by atoms with E-state index in [0.717, 1.165) is 22.5 Å². The van der Waals surface area contributed by atoms with Gasteiger partial charge in [0.25, 0.3) is 5.56 Å². The molecule has 0 saturated heterocycles. The quantitative estimate of drug-likeness (QED) is 0.343. The molecule has 3 aromatic heterocycles. The van der Waals surface area contributed by atoms with Gasteiger partial charge in [0, 0.05) is 28.5 Å². The first-order chi connectivity index (χ1) is 17.2. The summed E-state index contributed by atoms with van der Waals surface area (Å²) in [5.74, 6) is 0.484. The maximum atomic E-state index is 13.8. The summed E-state index contributed by atoms with van der Waals surface area (Å²) in [5.41, 5.74) is 4.19. The van der Waals surface area contributed by atoms with Crippen molar-refractivity contribution in [2.75, 3.05) is 0 Å². The number of fused-ring (bicyclic) bond motifs is 1. The van der Waals surface area contributed by atoms with Crippen molar-refractivity contribution >= 4 is 22.6 Å². The number of benzene rings is 3. The van der Waals surface area contributed by atoms with Crippen LogP contribution in [0.3, 0.4) is 0 Å². The lowest BCUT2D eigenvalue weighted by molar-refractivity contribution is 0.888. The van der Waals surface area contributed by atoms with Crippen molar-refractivity contribution in [3.8, 4) is 34.0 Å². The zero-order valence-electron chi connectivity index (χ0n) is 18.3. The monoisotopic (exact) mass is 476 g/mol. The van der Waals surface area contributed by atoms with E-state index >= 15 is 0 Å². The third-order valence-corrected chi connectivity index (χ3v) is 5.93. The molecule has 0 spiro atoms. The summed E-state index contributed by atoms with van der Waals surface area (Å²) < 4.78 is 3.27. The van der Waals surface area contributed by atoms with E-state index in [-0.39, 0.29) is 5.56 Å². The Balaban J connectivity index is 1.56. The molecule has 3 aromatic carbocycles. The van der Waals surface area contributed by atoms with Gasteiger partial charge in [-0.2, -0.15) is 0 Å². The standard InChI is InChI=1S/C27H17ClN6O/c28-20-10-12-22(13-11-20)34-26(19-8-6-18(7-9-19)24-14-15-29-17-30-24)31-25-23(27(34)35)16-33(32-25)21-4-2-1-3-5-21/h1-17H. The highest BCUT2D eigenvalue weighted by molar-refractivity contribution is 6.30. The van der Waals surface area contributed by atoms with Gasteiger partial charge in [-0.15, -0.1) is 5.10 Å². The molecule has 0 unspecified atom stereocenters. The van der Waals surface area contributed by atoms with E-state index < -0.39 is 0 Å². The molecule has 168 valence electrons. The predicted octanol–water partition coefficient (Wildman–Crippen LogP) is 5.35. The van der Waals surface area contributed by atoms with Crippen LogP contribution in [0.5, 0.6) is 0 Å². The lowest BCUT2D eigenvalue weighted by atomic mass is 10.1. The fourth-order valence-electron chi connectivity index (χ4n) is 3.95. The maximum absolute atomic E-state index is 13.8. The Bertz CT molecular complexity index is 1690. The second kappa shape index (κ2) is 8.62. The van der Waals surface area contributed by atoms with Crippen molar-refractivity contribution in [1.82, 2.24) is 29.3 Å². The smallest absolute Gasteiger partial charge is 0.268 e. The summed E-state index contributed by atoms with van der Waals surface area (Å²) in [5, 5.41) is 5.61. The van der Waals surface area contributed by atoms with Crippen LogP contribution >= 0.6 is 11.6 Å². The number of hydrogen-bond donors (Lipinski definition) is 0. The van der Waals surface area contributed by atoms with Gasteiger partial charge < -0.3 is 0 Å². The van der Waals surface area contributed by atoms with E-state index in [1.165, 1.54) is 6.33 Å². The topological polar surface area (TPSA) is 78.5 Å². The molecule has 35 heavy (non-hydrogen) atoms. The molecule has 6 rings (SSSR count). The average molecular weight is 477 g/mol. The molecule has 7 nitrogen and oxygen atoms in total. The van der Waals surface area contributed by atoms with E-state index in [1.807, 2.05) is 60.7 Å². The van der Waals surface area contributed by atoms with Crippen LogP contribution in [0, 0.1) is 0 Å². The van der Waals surface area contributed by atoms with Gasteiger partial charge in [-0.1, -0.05) is 54.1 Å². The van der Waals surface area contributed by atoms with Crippen LogP contribution in [0.4, 0.5) is 0 Å². The zero-order chi connectivity index (χ0) is 23.8. The van der Waals surface area contributed by atoms with Crippen molar-refractivity contribution in [1.29, 1.82) is 0 Å². The largest absolute Gasteiger partial charge is 0.269 e. The Hall–Kier alpha value is -4.62. The van der Waals surface area contributed by atoms with Crippen molar-refractivity contribution < 1.29 is 0 Å². The first-order valence-corrected chi connectivity index (χ1v) is 11.3. The lowest BCUT2D eigenvalue weighted by Crippen LogP contribution is -2.21. The third kappa shape index (κ3) is 3.88. The van der Waals surface area contributed by atoms with E-state index in [9.17, 15) is 4.79 Å². The Labute approximate surface area is 205 Å². The van der Waals surface area contributed by atoms with Gasteiger partial charge in [-0.25, -0.2) is 19.6 Å². The highest BCUT2D eigenvalue weighted by Crippen LogP contribution is 2.26. The first-order valence-electron chi connectivity index (χ1n) is 10.9. The third-order valence-electron chi connectivity index (χ3n) is 5.68. The Morgan fingerprint density at radius 2 is 1.51 bits per heavy atom. The minimum absolute atomic E-state index is 0.214. The maximum Gasteiger partial charge on any atom is 0.269 e. The highest BCUT2D eigenvalue weighted by atomic mass is 35.5. The molecule has 3 heterocycles. The fraction of sp³-hybridized carbons (Fsp3) is 0. The van der Waals surface area contributed by atoms with Gasteiger partial charge in [-0.05, 0) is 42.5 Å². The summed E-state index contributed by atoms with van der Waals surface area (Å²) in [6.45, 7) is 0. The molecule has 0 atom stereocenters. The van der Waals surface area contributed by atoms with Crippen LogP contribution in [-0.2, 0) is 0 Å². The Kier molecular flexibility index (Phi) is 5.16. The number of nitrogens with zero attached hydrogens (tertiary/aromatic N) is 6. The van der Waals surface area contributed by atoms with E-state index in [1.54, 1.807) is 45.9 Å². The molecule has 6 aromatic rings. The zero-order valence-corrected chi connectivity index (χ0v) is 19.0. The van der Waals surface area contributed by atoms with Gasteiger partial charge in [0.1, 0.15) is 17.5 Å². The van der Waals surface area contributed by atoms with Crippen LogP contribution in [0.2, 0.25) is 5.02 Å². The molecule has 0 bridgehead atoms. The summed E-state index contributed by atoms with van der Waals surface area (Å²) in [4.78, 5) is 26.9. The second-order valence-corrected chi connectivity index (χ2v) is 8.31. The molecular weight excluding hydrogens is 460 g/mol. The molecule has 0 aliphatic heterocycles. The van der Waals surface area contributed by atoms with Gasteiger partial charge in [0.15, 0.2) is 5.65 Å². The van der Waals surface area contributed by atoms with Crippen LogP contribution in [0.1, 0.15) is 0 Å². The first kappa shape index (κ1) is 20.9. The predicted molar refractivity (Wildman–Crippen MR) is 136 cm³/mol. The number of rotatable bonds is 4. The summed E-state index contributed by atoms with van der Waals surface area (Å²) in [6.07, 6.45) is 4.93. The van der Waals surface area contributed by atoms with Gasteiger partial charge in [0.05, 0.1) is 17.1 Å². The van der Waals surface area contributed by atoms with E-state index in [0.29, 0.717) is 27.6 Å². The summed E-state index contributed by atoms with van der Waals surface area (Å²) >= 11 is 6.11. The summed E-state index contributed by atoms with van der Waals surface area (Å²) in [7, 11) is 0. The molecule has 8 heteroatoms. The SMILES string of the molecule is O=c1c2cn(-c3ccccc3)nc2nc(-c2ccc(-c3ccncn3)cc2)n1-c1ccc(Cl)cc1. The molecule has 0 radical (unpaired) electrons. The Morgan fingerprint density at radius 3 is 2.23 bits per heavy atom. The van der Waals surface area contributed by atoms with E-state index in [2.05, 4.69) is 15.1 Å². The van der Waals surface area contributed by atoms with Gasteiger partial charge in [0.2, 0.25) is 0 Å². The number of aromatic nitrogens is 6. The van der Waals surface area contributed by atoms with Crippen molar-refractivity contribution in [3.63, 3.8) is 0 Å². The van der Waals surface area contributed by atoms with Crippen LogP contribution in [-0.4, -0.2) is 29.3 Å². The van der Waals surface area contributed by atoms with Crippen LogP contribution < -0.4 is 5.56 Å².